The maximum atomic E-state index is 10.5. The van der Waals surface area contributed by atoms with Crippen molar-refractivity contribution in [2.24, 2.45) is 5.92 Å². The monoisotopic (exact) mass is 482 g/mol. The third-order valence-corrected chi connectivity index (χ3v) is 9.29. The molecule has 8 nitrogen and oxygen atoms in total. The zero-order valence-electron chi connectivity index (χ0n) is 19.7. The molecule has 2 bridgehead atoms. The number of anilines is 1. The number of aliphatic hydroxyl groups excluding tert-OH is 1. The van der Waals surface area contributed by atoms with Gasteiger partial charge in [-0.25, -0.2) is 4.68 Å². The van der Waals surface area contributed by atoms with Gasteiger partial charge >= 0.3 is 0 Å². The maximum absolute atomic E-state index is 10.5. The minimum Gasteiger partial charge on any atom is -0.389 e. The highest BCUT2D eigenvalue weighted by Crippen LogP contribution is 2.62. The van der Waals surface area contributed by atoms with Crippen LogP contribution in [0.2, 0.25) is 5.02 Å². The number of benzene rings is 1. The Balaban J connectivity index is 1.18. The van der Waals surface area contributed by atoms with E-state index in [1.165, 1.54) is 19.3 Å². The lowest BCUT2D eigenvalue weighted by atomic mass is 9.50. The molecule has 4 heterocycles. The maximum Gasteiger partial charge on any atom is 0.103 e. The molecule has 0 radical (unpaired) electrons. The Bertz CT molecular complexity index is 1250. The van der Waals surface area contributed by atoms with Crippen LogP contribution < -0.4 is 4.90 Å². The average Bonchev–Trinajstić information content (AvgIpc) is 3.45. The first-order valence-corrected chi connectivity index (χ1v) is 12.7. The van der Waals surface area contributed by atoms with E-state index in [0.29, 0.717) is 13.2 Å². The number of aromatic nitrogens is 4. The van der Waals surface area contributed by atoms with Crippen LogP contribution in [0.15, 0.2) is 30.7 Å². The molecular weight excluding hydrogens is 452 g/mol. The van der Waals surface area contributed by atoms with Gasteiger partial charge in [0, 0.05) is 31.1 Å². The zero-order valence-corrected chi connectivity index (χ0v) is 20.4. The van der Waals surface area contributed by atoms with Crippen LogP contribution in [-0.4, -0.2) is 80.1 Å². The highest BCUT2D eigenvalue weighted by atomic mass is 35.5. The van der Waals surface area contributed by atoms with Crippen molar-refractivity contribution in [1.82, 2.24) is 24.5 Å². The molecule has 3 atom stereocenters. The summed E-state index contributed by atoms with van der Waals surface area (Å²) in [6, 6.07) is 4.44. The van der Waals surface area contributed by atoms with Gasteiger partial charge in [-0.3, -0.25) is 9.58 Å². The van der Waals surface area contributed by atoms with Crippen LogP contribution in [0.4, 0.5) is 5.69 Å². The van der Waals surface area contributed by atoms with Crippen molar-refractivity contribution in [2.75, 3.05) is 37.7 Å². The number of aliphatic hydroxyl groups is 1. The molecule has 3 saturated carbocycles. The van der Waals surface area contributed by atoms with Crippen molar-refractivity contribution < 1.29 is 9.84 Å². The Kier molecular flexibility index (Phi) is 4.48. The summed E-state index contributed by atoms with van der Waals surface area (Å²) in [5.41, 5.74) is 3.01. The predicted octanol–water partition coefficient (Wildman–Crippen LogP) is 3.04. The number of halogens is 1. The van der Waals surface area contributed by atoms with Crippen LogP contribution in [-0.2, 0) is 10.3 Å². The number of rotatable bonds is 4. The number of hydrogen-bond acceptors (Lipinski definition) is 6. The molecule has 1 N–H and O–H groups in total. The molecule has 2 saturated heterocycles. The molecule has 180 valence electrons. The largest absolute Gasteiger partial charge is 0.389 e. The third-order valence-electron chi connectivity index (χ3n) is 8.99. The van der Waals surface area contributed by atoms with Crippen molar-refractivity contribution in [2.45, 2.75) is 56.3 Å². The Hall–Kier alpha value is -2.13. The highest BCUT2D eigenvalue weighted by molar-refractivity contribution is 6.34. The second kappa shape index (κ2) is 7.20. The van der Waals surface area contributed by atoms with Crippen molar-refractivity contribution >= 4 is 28.2 Å². The van der Waals surface area contributed by atoms with Crippen molar-refractivity contribution in [3.63, 3.8) is 0 Å². The smallest absolute Gasteiger partial charge is 0.103 e. The first kappa shape index (κ1) is 21.2. The van der Waals surface area contributed by atoms with Crippen LogP contribution in [0.1, 0.15) is 33.1 Å². The number of piperazine rings is 1. The summed E-state index contributed by atoms with van der Waals surface area (Å²) in [7, 11) is 0. The lowest BCUT2D eigenvalue weighted by molar-refractivity contribution is -0.0977. The first-order chi connectivity index (χ1) is 16.4. The summed E-state index contributed by atoms with van der Waals surface area (Å²) in [6.45, 7) is 7.86. The summed E-state index contributed by atoms with van der Waals surface area (Å²) in [5.74, 6) is 0.914. The molecule has 1 aromatic carbocycles. The molecule has 34 heavy (non-hydrogen) atoms. The van der Waals surface area contributed by atoms with E-state index in [1.54, 1.807) is 0 Å². The zero-order chi connectivity index (χ0) is 23.2. The molecule has 0 amide bonds. The Labute approximate surface area is 204 Å². The Morgan fingerprint density at radius 1 is 1.15 bits per heavy atom. The minimum absolute atomic E-state index is 0.247. The fourth-order valence-corrected chi connectivity index (χ4v) is 6.87. The van der Waals surface area contributed by atoms with Gasteiger partial charge in [0.15, 0.2) is 0 Å². The lowest BCUT2D eigenvalue weighted by Crippen LogP contribution is -2.63. The number of nitrogens with zero attached hydrogens (tertiary/aromatic N) is 6. The van der Waals surface area contributed by atoms with Crippen LogP contribution >= 0.6 is 11.6 Å². The van der Waals surface area contributed by atoms with Crippen molar-refractivity contribution in [3.05, 3.63) is 35.7 Å². The van der Waals surface area contributed by atoms with Crippen LogP contribution in [0.3, 0.4) is 0 Å². The van der Waals surface area contributed by atoms with Crippen LogP contribution in [0.5, 0.6) is 0 Å². The highest BCUT2D eigenvalue weighted by Gasteiger charge is 2.58. The quantitative estimate of drug-likeness (QED) is 0.616. The minimum atomic E-state index is -0.452. The normalized spacial score (nSPS) is 35.5. The third kappa shape index (κ3) is 2.89. The van der Waals surface area contributed by atoms with Gasteiger partial charge < -0.3 is 14.7 Å². The van der Waals surface area contributed by atoms with Crippen molar-refractivity contribution in [1.29, 1.82) is 0 Å². The van der Waals surface area contributed by atoms with Crippen LogP contribution in [0, 0.1) is 5.92 Å². The van der Waals surface area contributed by atoms with Gasteiger partial charge in [-0.15, -0.1) is 0 Å². The van der Waals surface area contributed by atoms with Gasteiger partial charge in [0.05, 0.1) is 65.2 Å². The van der Waals surface area contributed by atoms with E-state index >= 15 is 0 Å². The summed E-state index contributed by atoms with van der Waals surface area (Å²) in [4.78, 5) is 4.76. The van der Waals surface area contributed by atoms with Crippen LogP contribution in [0.25, 0.3) is 16.6 Å². The molecule has 2 unspecified atom stereocenters. The Morgan fingerprint density at radius 2 is 1.97 bits per heavy atom. The van der Waals surface area contributed by atoms with E-state index in [0.717, 1.165) is 52.9 Å². The van der Waals surface area contributed by atoms with E-state index in [-0.39, 0.29) is 17.1 Å². The first-order valence-electron chi connectivity index (χ1n) is 12.4. The molecule has 8 rings (SSSR count). The number of hydrogen-bond donors (Lipinski definition) is 1. The predicted molar refractivity (Wildman–Crippen MR) is 131 cm³/mol. The summed E-state index contributed by atoms with van der Waals surface area (Å²) >= 11 is 6.80. The van der Waals surface area contributed by atoms with E-state index in [2.05, 4.69) is 45.7 Å². The molecule has 0 spiro atoms. The van der Waals surface area contributed by atoms with Gasteiger partial charge in [0.1, 0.15) is 5.69 Å². The number of fused-ring (bicyclic) bond motifs is 1. The molecule has 5 fully saturated rings. The second-order valence-electron chi connectivity index (χ2n) is 11.1. The molecule has 9 heteroatoms. The summed E-state index contributed by atoms with van der Waals surface area (Å²) in [6.07, 6.45) is 9.30. The standard InChI is InChI=1S/C25H31ClN6O2/c1-16-12-29(24(2)15-34-14-23(24)33)3-4-30(16)22-6-21-18(5-20(22)26)10-28-32(21)19-11-27-31(13-19)25-7-17(8-25)9-25/h5-6,10-11,13,16-17,23,33H,3-4,7-9,12,14-15H2,1-2H3/t16-,17?,23?,24?,25?/m0/s1. The average molecular weight is 483 g/mol. The number of ether oxygens (including phenoxy) is 1. The molecular formula is C25H31ClN6O2. The SMILES string of the molecule is C[C@H]1CN(C2(C)COCC2O)CCN1c1cc2c(cnn2-c2cnn(C34CC(C3)C4)c2)cc1Cl. The van der Waals surface area contributed by atoms with Gasteiger partial charge in [0.25, 0.3) is 0 Å². The molecule has 2 aliphatic heterocycles. The second-order valence-corrected chi connectivity index (χ2v) is 11.5. The molecule has 5 aliphatic rings. The Morgan fingerprint density at radius 3 is 2.65 bits per heavy atom. The molecule has 3 aromatic rings. The van der Waals surface area contributed by atoms with Gasteiger partial charge in [-0.1, -0.05) is 11.6 Å². The lowest BCUT2D eigenvalue weighted by Gasteiger charge is -2.61. The fraction of sp³-hybridized carbons (Fsp3) is 0.600. The van der Waals surface area contributed by atoms with Gasteiger partial charge in [-0.2, -0.15) is 10.2 Å². The molecule has 3 aliphatic carbocycles. The fourth-order valence-electron chi connectivity index (χ4n) is 6.59. The van der Waals surface area contributed by atoms with Crippen molar-refractivity contribution in [3.8, 4) is 5.69 Å². The van der Waals surface area contributed by atoms with E-state index in [9.17, 15) is 5.11 Å². The summed E-state index contributed by atoms with van der Waals surface area (Å²) in [5, 5.41) is 21.6. The topological polar surface area (TPSA) is 71.6 Å². The molecule has 2 aromatic heterocycles. The summed E-state index contributed by atoms with van der Waals surface area (Å²) < 4.78 is 9.73. The van der Waals surface area contributed by atoms with E-state index < -0.39 is 6.10 Å². The van der Waals surface area contributed by atoms with Gasteiger partial charge in [-0.05, 0) is 51.2 Å². The van der Waals surface area contributed by atoms with E-state index in [1.807, 2.05) is 23.1 Å². The van der Waals surface area contributed by atoms with Gasteiger partial charge in [0.2, 0.25) is 0 Å². The van der Waals surface area contributed by atoms with E-state index in [4.69, 9.17) is 21.4 Å².